The summed E-state index contributed by atoms with van der Waals surface area (Å²) in [5.41, 5.74) is 0.488. The van der Waals surface area contributed by atoms with E-state index in [2.05, 4.69) is 0 Å². The first kappa shape index (κ1) is 18.4. The molecule has 1 heterocycles. The molecule has 26 heavy (non-hydrogen) atoms. The minimum atomic E-state index is -4.18. The van der Waals surface area contributed by atoms with Crippen LogP contribution < -0.4 is 4.31 Å². The monoisotopic (exact) mass is 394 g/mol. The second kappa shape index (κ2) is 6.74. The van der Waals surface area contributed by atoms with E-state index in [-0.39, 0.29) is 33.3 Å². The predicted molar refractivity (Wildman–Crippen MR) is 99.1 cm³/mol. The van der Waals surface area contributed by atoms with Crippen molar-refractivity contribution in [3.8, 4) is 0 Å². The van der Waals surface area contributed by atoms with Crippen molar-refractivity contribution in [2.24, 2.45) is 0 Å². The van der Waals surface area contributed by atoms with Crippen molar-refractivity contribution in [1.29, 1.82) is 0 Å². The van der Waals surface area contributed by atoms with Crippen LogP contribution in [0.25, 0.3) is 0 Å². The Morgan fingerprint density at radius 3 is 2.50 bits per heavy atom. The SMILES string of the molecule is CN(C)/C=C1/C(=O)c2ccccc2N(Cc2c(F)cccc2Cl)S1(=O)=O. The minimum absolute atomic E-state index is 0.0473. The second-order valence-electron chi connectivity index (χ2n) is 6.02. The lowest BCUT2D eigenvalue weighted by Gasteiger charge is -2.32. The fourth-order valence-electron chi connectivity index (χ4n) is 2.74. The average molecular weight is 395 g/mol. The Bertz CT molecular complexity index is 999. The highest BCUT2D eigenvalue weighted by atomic mass is 35.5. The number of carbonyl (C=O) groups excluding carboxylic acids is 1. The van der Waals surface area contributed by atoms with Crippen LogP contribution in [0.2, 0.25) is 5.02 Å². The molecule has 5 nitrogen and oxygen atoms in total. The van der Waals surface area contributed by atoms with Crippen LogP contribution in [0.4, 0.5) is 10.1 Å². The van der Waals surface area contributed by atoms with Crippen LogP contribution in [-0.4, -0.2) is 33.2 Å². The molecule has 3 rings (SSSR count). The van der Waals surface area contributed by atoms with Crippen molar-refractivity contribution < 1.29 is 17.6 Å². The maximum absolute atomic E-state index is 14.2. The molecule has 8 heteroatoms. The smallest absolute Gasteiger partial charge is 0.270 e. The van der Waals surface area contributed by atoms with Crippen LogP contribution in [0.1, 0.15) is 15.9 Å². The van der Waals surface area contributed by atoms with Crippen LogP contribution >= 0.6 is 11.6 Å². The van der Waals surface area contributed by atoms with Gasteiger partial charge in [0.15, 0.2) is 4.91 Å². The van der Waals surface area contributed by atoms with Gasteiger partial charge in [-0.05, 0) is 24.3 Å². The van der Waals surface area contributed by atoms with Crippen molar-refractivity contribution in [3.05, 3.63) is 75.5 Å². The molecule has 0 amide bonds. The average Bonchev–Trinajstić information content (AvgIpc) is 2.57. The molecule has 0 fully saturated rings. The molecule has 0 aromatic heterocycles. The summed E-state index contributed by atoms with van der Waals surface area (Å²) < 4.78 is 41.4. The molecule has 0 N–H and O–H groups in total. The van der Waals surface area contributed by atoms with Crippen LogP contribution in [-0.2, 0) is 16.6 Å². The number of sulfonamides is 1. The summed E-state index contributed by atoms with van der Waals surface area (Å²) in [7, 11) is -0.937. The number of ketones is 1. The largest absolute Gasteiger partial charge is 0.382 e. The maximum atomic E-state index is 14.2. The Hall–Kier alpha value is -2.38. The third-order valence-corrected chi connectivity index (χ3v) is 6.05. The first-order valence-corrected chi connectivity index (χ1v) is 9.53. The molecule has 0 saturated heterocycles. The van der Waals surface area contributed by atoms with Gasteiger partial charge >= 0.3 is 0 Å². The molecule has 136 valence electrons. The van der Waals surface area contributed by atoms with Crippen LogP contribution in [0.5, 0.6) is 0 Å². The molecule has 1 aliphatic heterocycles. The normalized spacial score (nSPS) is 17.3. The van der Waals surface area contributed by atoms with Crippen molar-refractivity contribution >= 4 is 33.1 Å². The highest BCUT2D eigenvalue weighted by molar-refractivity contribution is 7.97. The zero-order valence-electron chi connectivity index (χ0n) is 14.1. The number of hydrogen-bond acceptors (Lipinski definition) is 4. The van der Waals surface area contributed by atoms with E-state index in [1.165, 1.54) is 35.4 Å². The molecule has 0 unspecified atom stereocenters. The minimum Gasteiger partial charge on any atom is -0.382 e. The summed E-state index contributed by atoms with van der Waals surface area (Å²) in [5.74, 6) is -1.20. The lowest BCUT2D eigenvalue weighted by Crippen LogP contribution is -2.39. The molecular weight excluding hydrogens is 379 g/mol. The number of para-hydroxylation sites is 1. The number of Topliss-reactive ketones (excluding diaryl/α,β-unsaturated/α-hetero) is 1. The Labute approximate surface area is 156 Å². The molecule has 0 aliphatic carbocycles. The highest BCUT2D eigenvalue weighted by Gasteiger charge is 2.40. The zero-order valence-corrected chi connectivity index (χ0v) is 15.7. The van der Waals surface area contributed by atoms with Crippen molar-refractivity contribution in [3.63, 3.8) is 0 Å². The van der Waals surface area contributed by atoms with Crippen LogP contribution in [0, 0.1) is 5.82 Å². The summed E-state index contributed by atoms with van der Waals surface area (Å²) in [6, 6.07) is 10.5. The van der Waals surface area contributed by atoms with Gasteiger partial charge in [0.25, 0.3) is 10.0 Å². The van der Waals surface area contributed by atoms with E-state index >= 15 is 0 Å². The van der Waals surface area contributed by atoms with E-state index in [1.807, 2.05) is 0 Å². The Balaban J connectivity index is 2.22. The second-order valence-corrected chi connectivity index (χ2v) is 8.25. The molecule has 2 aromatic rings. The molecule has 0 atom stereocenters. The Morgan fingerprint density at radius 2 is 1.85 bits per heavy atom. The van der Waals surface area contributed by atoms with Gasteiger partial charge in [0.1, 0.15) is 5.82 Å². The molecule has 1 aliphatic rings. The van der Waals surface area contributed by atoms with E-state index in [9.17, 15) is 17.6 Å². The highest BCUT2D eigenvalue weighted by Crippen LogP contribution is 2.37. The van der Waals surface area contributed by atoms with E-state index in [0.717, 1.165) is 4.31 Å². The molecule has 0 spiro atoms. The third-order valence-electron chi connectivity index (χ3n) is 3.95. The molecule has 0 radical (unpaired) electrons. The Morgan fingerprint density at radius 1 is 1.15 bits per heavy atom. The fraction of sp³-hybridized carbons (Fsp3) is 0.167. The lowest BCUT2D eigenvalue weighted by atomic mass is 10.1. The molecule has 2 aromatic carbocycles. The molecular formula is C18H16ClFN2O3S. The number of hydrogen-bond donors (Lipinski definition) is 0. The van der Waals surface area contributed by atoms with Gasteiger partial charge in [-0.2, -0.15) is 0 Å². The molecule has 0 saturated carbocycles. The number of halogens is 2. The van der Waals surface area contributed by atoms with E-state index in [4.69, 9.17) is 11.6 Å². The van der Waals surface area contributed by atoms with Crippen molar-refractivity contribution in [1.82, 2.24) is 4.90 Å². The standard InChI is InChI=1S/C18H16ClFN2O3S/c1-21(2)11-17-18(23)12-6-3-4-9-16(12)22(26(17,24)25)10-13-14(19)7-5-8-15(13)20/h3-9,11H,10H2,1-2H3/b17-11-. The van der Waals surface area contributed by atoms with Gasteiger partial charge < -0.3 is 4.90 Å². The topological polar surface area (TPSA) is 57.7 Å². The summed E-state index contributed by atoms with van der Waals surface area (Å²) in [4.78, 5) is 13.8. The number of carbonyl (C=O) groups is 1. The van der Waals surface area contributed by atoms with E-state index in [0.29, 0.717) is 0 Å². The Kier molecular flexibility index (Phi) is 4.77. The summed E-state index contributed by atoms with van der Waals surface area (Å²) >= 11 is 6.07. The first-order valence-electron chi connectivity index (χ1n) is 7.71. The summed E-state index contributed by atoms with van der Waals surface area (Å²) in [5, 5.41) is 0.118. The summed E-state index contributed by atoms with van der Waals surface area (Å²) in [6.07, 6.45) is 1.25. The van der Waals surface area contributed by atoms with Crippen LogP contribution in [0.15, 0.2) is 53.6 Å². The fourth-order valence-corrected chi connectivity index (χ4v) is 4.60. The van der Waals surface area contributed by atoms with E-state index < -0.39 is 21.6 Å². The predicted octanol–water partition coefficient (Wildman–Crippen LogP) is 3.41. The van der Waals surface area contributed by atoms with Gasteiger partial charge in [-0.15, -0.1) is 0 Å². The third kappa shape index (κ3) is 3.08. The summed E-state index contributed by atoms with van der Waals surface area (Å²) in [6.45, 7) is -0.317. The maximum Gasteiger partial charge on any atom is 0.270 e. The van der Waals surface area contributed by atoms with Crippen molar-refractivity contribution in [2.45, 2.75) is 6.54 Å². The van der Waals surface area contributed by atoms with Gasteiger partial charge in [0.05, 0.1) is 12.2 Å². The number of anilines is 1. The quantitative estimate of drug-likeness (QED) is 0.748. The number of allylic oxidation sites excluding steroid dienone is 1. The van der Waals surface area contributed by atoms with Gasteiger partial charge in [-0.3, -0.25) is 9.10 Å². The van der Waals surface area contributed by atoms with Crippen LogP contribution in [0.3, 0.4) is 0 Å². The zero-order chi connectivity index (χ0) is 19.1. The van der Waals surface area contributed by atoms with Crippen molar-refractivity contribution in [2.75, 3.05) is 18.4 Å². The number of nitrogens with zero attached hydrogens (tertiary/aromatic N) is 2. The number of rotatable bonds is 3. The van der Waals surface area contributed by atoms with Gasteiger partial charge in [0.2, 0.25) is 5.78 Å². The first-order chi connectivity index (χ1) is 12.2. The number of fused-ring (bicyclic) bond motifs is 1. The van der Waals surface area contributed by atoms with E-state index in [1.54, 1.807) is 32.3 Å². The lowest BCUT2D eigenvalue weighted by molar-refractivity contribution is 0.104. The van der Waals surface area contributed by atoms with Gasteiger partial charge in [-0.25, -0.2) is 12.8 Å². The number of benzene rings is 2. The molecule has 0 bridgehead atoms. The van der Waals surface area contributed by atoms with Gasteiger partial charge in [-0.1, -0.05) is 29.8 Å². The van der Waals surface area contributed by atoms with Gasteiger partial charge in [0, 0.05) is 36.4 Å².